The van der Waals surface area contributed by atoms with E-state index in [-0.39, 0.29) is 18.6 Å². The molecule has 1 aliphatic carbocycles. The van der Waals surface area contributed by atoms with Gasteiger partial charge in [0.1, 0.15) is 29.6 Å². The molecule has 1 aliphatic rings. The molecule has 0 radical (unpaired) electrons. The Balaban J connectivity index is 1.33. The second-order valence-electron chi connectivity index (χ2n) is 7.58. The number of benzene rings is 1. The molecule has 5 rings (SSSR count). The molecule has 0 amide bonds. The van der Waals surface area contributed by atoms with E-state index in [1.807, 2.05) is 41.1 Å². The van der Waals surface area contributed by atoms with E-state index < -0.39 is 12.2 Å². The van der Waals surface area contributed by atoms with Gasteiger partial charge in [0.2, 0.25) is 0 Å². The van der Waals surface area contributed by atoms with Gasteiger partial charge in [-0.05, 0) is 46.6 Å². The van der Waals surface area contributed by atoms with Crippen LogP contribution < -0.4 is 10.5 Å². The van der Waals surface area contributed by atoms with Crippen LogP contribution in [0.3, 0.4) is 0 Å². The highest BCUT2D eigenvalue weighted by molar-refractivity contribution is 9.10. The molecule has 3 aromatic heterocycles. The van der Waals surface area contributed by atoms with Gasteiger partial charge in [0.25, 0.3) is 0 Å². The fraction of sp³-hybridized carbons (Fsp3) is 0.286. The number of hydrogen-bond acceptors (Lipinski definition) is 7. The first kappa shape index (κ1) is 19.2. The standard InChI is InChI=1S/C21H20BrN5O3/c22-13-5-11-1-2-14(7-16(11)24-8-13)30-9-12-6-17(19(29)18(12)28)27-4-3-15-20(23)25-10-26-21(15)27/h1-5,7-8,10,12,17-19,28-29H,6,9H2,(H2,23,25,26)/t12-,17-,18-,19+/m1/s1. The topological polar surface area (TPSA) is 119 Å². The van der Waals surface area contributed by atoms with Crippen molar-refractivity contribution < 1.29 is 14.9 Å². The number of rotatable bonds is 4. The Hall–Kier alpha value is -2.75. The van der Waals surface area contributed by atoms with Gasteiger partial charge < -0.3 is 25.3 Å². The van der Waals surface area contributed by atoms with Gasteiger partial charge in [-0.3, -0.25) is 4.98 Å². The summed E-state index contributed by atoms with van der Waals surface area (Å²) >= 11 is 3.42. The lowest BCUT2D eigenvalue weighted by atomic mass is 10.1. The normalized spacial score (nSPS) is 24.0. The number of aliphatic hydroxyl groups excluding tert-OH is 2. The quantitative estimate of drug-likeness (QED) is 0.420. The largest absolute Gasteiger partial charge is 0.493 e. The van der Waals surface area contributed by atoms with Crippen LogP contribution in [0.1, 0.15) is 12.5 Å². The van der Waals surface area contributed by atoms with Crippen LogP contribution in [0.2, 0.25) is 0 Å². The SMILES string of the molecule is Nc1ncnc2c1ccn2[C@@H]1C[C@H](COc2ccc3cc(Br)cnc3c2)[C@@H](O)[C@H]1O. The van der Waals surface area contributed by atoms with Gasteiger partial charge in [0.05, 0.1) is 29.7 Å². The first-order chi connectivity index (χ1) is 14.5. The molecule has 9 heteroatoms. The minimum atomic E-state index is -0.930. The Labute approximate surface area is 180 Å². The lowest BCUT2D eigenvalue weighted by Gasteiger charge is -2.19. The average Bonchev–Trinajstić information content (AvgIpc) is 3.29. The highest BCUT2D eigenvalue weighted by Crippen LogP contribution is 2.38. The fourth-order valence-electron chi connectivity index (χ4n) is 4.17. The smallest absolute Gasteiger partial charge is 0.145 e. The number of anilines is 1. The molecule has 4 atom stereocenters. The predicted molar refractivity (Wildman–Crippen MR) is 116 cm³/mol. The number of nitrogen functional groups attached to an aromatic ring is 1. The van der Waals surface area contributed by atoms with Crippen LogP contribution >= 0.6 is 15.9 Å². The van der Waals surface area contributed by atoms with Crippen molar-refractivity contribution >= 4 is 43.7 Å². The van der Waals surface area contributed by atoms with E-state index in [2.05, 4.69) is 30.9 Å². The highest BCUT2D eigenvalue weighted by atomic mass is 79.9. The number of aliphatic hydroxyl groups is 2. The van der Waals surface area contributed by atoms with E-state index in [0.717, 1.165) is 20.8 Å². The third-order valence-electron chi connectivity index (χ3n) is 5.76. The molecule has 1 aromatic carbocycles. The van der Waals surface area contributed by atoms with Crippen LogP contribution in [0.5, 0.6) is 5.75 Å². The van der Waals surface area contributed by atoms with Gasteiger partial charge in [-0.25, -0.2) is 9.97 Å². The Kier molecular flexibility index (Phi) is 4.80. The minimum Gasteiger partial charge on any atom is -0.493 e. The summed E-state index contributed by atoms with van der Waals surface area (Å²) in [6, 6.07) is 9.19. The second-order valence-corrected chi connectivity index (χ2v) is 8.50. The van der Waals surface area contributed by atoms with Crippen molar-refractivity contribution in [3.05, 3.63) is 53.5 Å². The average molecular weight is 470 g/mol. The van der Waals surface area contributed by atoms with E-state index in [4.69, 9.17) is 10.5 Å². The number of nitrogens with two attached hydrogens (primary N) is 1. The van der Waals surface area contributed by atoms with Crippen LogP contribution in [0.15, 0.2) is 53.5 Å². The van der Waals surface area contributed by atoms with Crippen molar-refractivity contribution in [3.8, 4) is 5.75 Å². The van der Waals surface area contributed by atoms with E-state index in [1.165, 1.54) is 6.33 Å². The summed E-state index contributed by atoms with van der Waals surface area (Å²) in [6.45, 7) is 0.285. The maximum atomic E-state index is 10.7. The lowest BCUT2D eigenvalue weighted by Crippen LogP contribution is -2.31. The summed E-state index contributed by atoms with van der Waals surface area (Å²) in [5, 5.41) is 23.0. The Morgan fingerprint density at radius 1 is 1.13 bits per heavy atom. The van der Waals surface area contributed by atoms with Crippen LogP contribution in [-0.2, 0) is 0 Å². The maximum Gasteiger partial charge on any atom is 0.145 e. The number of ether oxygens (including phenoxy) is 1. The molecule has 8 nitrogen and oxygen atoms in total. The number of halogens is 1. The van der Waals surface area contributed by atoms with Crippen LogP contribution in [0, 0.1) is 5.92 Å². The molecule has 1 saturated carbocycles. The molecule has 30 heavy (non-hydrogen) atoms. The molecule has 4 aromatic rings. The van der Waals surface area contributed by atoms with Gasteiger partial charge >= 0.3 is 0 Å². The highest BCUT2D eigenvalue weighted by Gasteiger charge is 2.43. The number of pyridine rings is 1. The van der Waals surface area contributed by atoms with E-state index in [1.54, 1.807) is 6.20 Å². The number of aromatic nitrogens is 4. The minimum absolute atomic E-state index is 0.227. The lowest BCUT2D eigenvalue weighted by molar-refractivity contribution is -0.00141. The van der Waals surface area contributed by atoms with Crippen molar-refractivity contribution in [1.29, 1.82) is 0 Å². The zero-order valence-electron chi connectivity index (χ0n) is 15.9. The Morgan fingerprint density at radius 2 is 2.00 bits per heavy atom. The first-order valence-corrected chi connectivity index (χ1v) is 10.4. The summed E-state index contributed by atoms with van der Waals surface area (Å²) in [4.78, 5) is 12.7. The molecule has 0 bridgehead atoms. The van der Waals surface area contributed by atoms with Gasteiger partial charge in [0, 0.05) is 34.2 Å². The summed E-state index contributed by atoms with van der Waals surface area (Å²) in [6.07, 6.45) is 3.69. The molecule has 0 unspecified atom stereocenters. The van der Waals surface area contributed by atoms with Gasteiger partial charge in [-0.2, -0.15) is 0 Å². The molecular weight excluding hydrogens is 450 g/mol. The third-order valence-corrected chi connectivity index (χ3v) is 6.19. The summed E-state index contributed by atoms with van der Waals surface area (Å²) in [5.41, 5.74) is 7.39. The Morgan fingerprint density at radius 3 is 2.87 bits per heavy atom. The zero-order chi connectivity index (χ0) is 20.8. The molecule has 0 aliphatic heterocycles. The number of hydrogen-bond donors (Lipinski definition) is 3. The summed E-state index contributed by atoms with van der Waals surface area (Å²) in [7, 11) is 0. The molecule has 0 saturated heterocycles. The van der Waals surface area contributed by atoms with Crippen molar-refractivity contribution in [2.75, 3.05) is 12.3 Å². The number of nitrogens with zero attached hydrogens (tertiary/aromatic N) is 4. The van der Waals surface area contributed by atoms with E-state index in [0.29, 0.717) is 23.6 Å². The molecule has 154 valence electrons. The van der Waals surface area contributed by atoms with Crippen molar-refractivity contribution in [3.63, 3.8) is 0 Å². The molecular formula is C21H20BrN5O3. The zero-order valence-corrected chi connectivity index (χ0v) is 17.5. The molecule has 1 fully saturated rings. The second kappa shape index (κ2) is 7.50. The van der Waals surface area contributed by atoms with Gasteiger partial charge in [-0.15, -0.1) is 0 Å². The van der Waals surface area contributed by atoms with Crippen molar-refractivity contribution in [2.24, 2.45) is 5.92 Å². The van der Waals surface area contributed by atoms with E-state index in [9.17, 15) is 10.2 Å². The third kappa shape index (κ3) is 3.28. The van der Waals surface area contributed by atoms with Crippen molar-refractivity contribution in [2.45, 2.75) is 24.7 Å². The van der Waals surface area contributed by atoms with Crippen molar-refractivity contribution in [1.82, 2.24) is 19.5 Å². The van der Waals surface area contributed by atoms with Crippen LogP contribution in [-0.4, -0.2) is 48.5 Å². The van der Waals surface area contributed by atoms with Gasteiger partial charge in [0.15, 0.2) is 0 Å². The first-order valence-electron chi connectivity index (χ1n) is 9.62. The maximum absolute atomic E-state index is 10.7. The predicted octanol–water partition coefficient (Wildman–Crippen LogP) is 2.69. The van der Waals surface area contributed by atoms with Crippen LogP contribution in [0.4, 0.5) is 5.82 Å². The monoisotopic (exact) mass is 469 g/mol. The fourth-order valence-corrected chi connectivity index (χ4v) is 4.51. The number of fused-ring (bicyclic) bond motifs is 2. The summed E-state index contributed by atoms with van der Waals surface area (Å²) in [5.74, 6) is 0.841. The van der Waals surface area contributed by atoms with Gasteiger partial charge in [-0.1, -0.05) is 0 Å². The Bertz CT molecular complexity index is 1230. The van der Waals surface area contributed by atoms with Crippen LogP contribution in [0.25, 0.3) is 21.9 Å². The molecule has 4 N–H and O–H groups in total. The molecule has 0 spiro atoms. The molecule has 3 heterocycles. The summed E-state index contributed by atoms with van der Waals surface area (Å²) < 4.78 is 8.72. The van der Waals surface area contributed by atoms with E-state index >= 15 is 0 Å².